The van der Waals surface area contributed by atoms with Gasteiger partial charge in [-0.3, -0.25) is 4.79 Å². The summed E-state index contributed by atoms with van der Waals surface area (Å²) in [6.45, 7) is 3.47. The molecule has 0 atom stereocenters. The number of aliphatic hydroxyl groups excluding tert-OH is 1. The number of amides is 1. The predicted molar refractivity (Wildman–Crippen MR) is 74.9 cm³/mol. The van der Waals surface area contributed by atoms with Gasteiger partial charge in [0.2, 0.25) is 0 Å². The third kappa shape index (κ3) is 2.92. The first-order chi connectivity index (χ1) is 9.17. The lowest BCUT2D eigenvalue weighted by Crippen LogP contribution is -2.45. The van der Waals surface area contributed by atoms with Crippen LogP contribution in [0.25, 0.3) is 0 Å². The summed E-state index contributed by atoms with van der Waals surface area (Å²) in [7, 11) is 0. The number of aromatic nitrogens is 1. The van der Waals surface area contributed by atoms with Crippen LogP contribution in [0.1, 0.15) is 43.1 Å². The Bertz CT molecular complexity index is 438. The van der Waals surface area contributed by atoms with Gasteiger partial charge in [-0.25, -0.2) is 0 Å². The van der Waals surface area contributed by atoms with E-state index in [2.05, 4.69) is 0 Å². The number of aryl methyl sites for hydroxylation is 1. The molecule has 19 heavy (non-hydrogen) atoms. The molecule has 0 spiro atoms. The molecule has 1 aromatic rings. The van der Waals surface area contributed by atoms with Crippen LogP contribution in [0.3, 0.4) is 0 Å². The number of carbonyl (C=O) groups is 1. The number of rotatable bonds is 6. The highest BCUT2D eigenvalue weighted by atomic mass is 16.3. The van der Waals surface area contributed by atoms with Crippen molar-refractivity contribution in [3.8, 4) is 0 Å². The topological polar surface area (TPSA) is 71.5 Å². The molecular weight excluding hydrogens is 242 g/mol. The Hall–Kier alpha value is -1.49. The fourth-order valence-electron chi connectivity index (χ4n) is 2.51. The van der Waals surface area contributed by atoms with Crippen LogP contribution in [0.15, 0.2) is 12.3 Å². The van der Waals surface area contributed by atoms with Gasteiger partial charge >= 0.3 is 0 Å². The quantitative estimate of drug-likeness (QED) is 0.818. The third-order valence-corrected chi connectivity index (χ3v) is 3.81. The van der Waals surface area contributed by atoms with E-state index in [0.717, 1.165) is 19.4 Å². The van der Waals surface area contributed by atoms with Crippen molar-refractivity contribution in [2.75, 3.05) is 18.9 Å². The first-order valence-corrected chi connectivity index (χ1v) is 7.04. The Morgan fingerprint density at radius 2 is 2.32 bits per heavy atom. The second kappa shape index (κ2) is 6.10. The van der Waals surface area contributed by atoms with E-state index in [0.29, 0.717) is 30.4 Å². The molecule has 5 heteroatoms. The average molecular weight is 265 g/mol. The van der Waals surface area contributed by atoms with Crippen molar-refractivity contribution in [2.45, 2.75) is 45.2 Å². The standard InChI is InChI=1S/C14H23N3O2/c1-2-16-10-11(15)9-13(16)14(19)17(7-4-8-18)12-5-3-6-12/h9-10,12,18H,2-8,15H2,1H3. The molecule has 1 aromatic heterocycles. The van der Waals surface area contributed by atoms with Crippen molar-refractivity contribution in [3.05, 3.63) is 18.0 Å². The van der Waals surface area contributed by atoms with Crippen molar-refractivity contribution in [2.24, 2.45) is 0 Å². The molecule has 3 N–H and O–H groups in total. The number of hydrogen-bond donors (Lipinski definition) is 2. The number of nitrogens with two attached hydrogens (primary N) is 1. The van der Waals surface area contributed by atoms with Crippen LogP contribution in [0.4, 0.5) is 5.69 Å². The molecule has 0 unspecified atom stereocenters. The molecule has 1 heterocycles. The van der Waals surface area contributed by atoms with E-state index in [4.69, 9.17) is 10.8 Å². The highest BCUT2D eigenvalue weighted by molar-refractivity contribution is 5.94. The third-order valence-electron chi connectivity index (χ3n) is 3.81. The molecule has 0 radical (unpaired) electrons. The SMILES string of the molecule is CCn1cc(N)cc1C(=O)N(CCCO)C1CCC1. The van der Waals surface area contributed by atoms with Crippen molar-refractivity contribution in [1.82, 2.24) is 9.47 Å². The van der Waals surface area contributed by atoms with Gasteiger partial charge in [0.1, 0.15) is 5.69 Å². The Morgan fingerprint density at radius 3 is 2.84 bits per heavy atom. The lowest BCUT2D eigenvalue weighted by molar-refractivity contribution is 0.0552. The zero-order valence-corrected chi connectivity index (χ0v) is 11.5. The van der Waals surface area contributed by atoms with Crippen LogP contribution in [-0.2, 0) is 6.54 Å². The normalized spacial score (nSPS) is 15.3. The summed E-state index contributed by atoms with van der Waals surface area (Å²) in [6, 6.07) is 2.08. The van der Waals surface area contributed by atoms with E-state index in [1.54, 1.807) is 12.3 Å². The zero-order chi connectivity index (χ0) is 13.8. The molecule has 1 saturated carbocycles. The summed E-state index contributed by atoms with van der Waals surface area (Å²) in [4.78, 5) is 14.5. The van der Waals surface area contributed by atoms with Gasteiger partial charge in [0.15, 0.2) is 0 Å². The van der Waals surface area contributed by atoms with Gasteiger partial charge in [-0.1, -0.05) is 0 Å². The highest BCUT2D eigenvalue weighted by Gasteiger charge is 2.30. The van der Waals surface area contributed by atoms with E-state index < -0.39 is 0 Å². The van der Waals surface area contributed by atoms with Gasteiger partial charge in [-0.2, -0.15) is 0 Å². The Morgan fingerprint density at radius 1 is 1.58 bits per heavy atom. The lowest BCUT2D eigenvalue weighted by atomic mass is 9.91. The van der Waals surface area contributed by atoms with Gasteiger partial charge < -0.3 is 20.3 Å². The minimum absolute atomic E-state index is 0.0386. The Kier molecular flexibility index (Phi) is 4.47. The summed E-state index contributed by atoms with van der Waals surface area (Å²) in [5.74, 6) is 0.0386. The second-order valence-corrected chi connectivity index (χ2v) is 5.11. The molecule has 1 fully saturated rings. The van der Waals surface area contributed by atoms with Gasteiger partial charge in [0.05, 0.1) is 5.69 Å². The van der Waals surface area contributed by atoms with Gasteiger partial charge in [0, 0.05) is 31.9 Å². The van der Waals surface area contributed by atoms with E-state index >= 15 is 0 Å². The molecule has 5 nitrogen and oxygen atoms in total. The van der Waals surface area contributed by atoms with Gasteiger partial charge in [-0.05, 0) is 38.7 Å². The number of hydrogen-bond acceptors (Lipinski definition) is 3. The van der Waals surface area contributed by atoms with E-state index in [9.17, 15) is 4.79 Å². The molecule has 0 aromatic carbocycles. The van der Waals surface area contributed by atoms with Crippen LogP contribution < -0.4 is 5.73 Å². The molecular formula is C14H23N3O2. The molecule has 0 saturated heterocycles. The average Bonchev–Trinajstić information content (AvgIpc) is 2.72. The molecule has 1 amide bonds. The van der Waals surface area contributed by atoms with Crippen LogP contribution >= 0.6 is 0 Å². The number of carbonyl (C=O) groups excluding carboxylic acids is 1. The number of nitrogens with zero attached hydrogens (tertiary/aromatic N) is 2. The Labute approximate surface area is 114 Å². The van der Waals surface area contributed by atoms with E-state index in [1.165, 1.54) is 6.42 Å². The smallest absolute Gasteiger partial charge is 0.270 e. The summed E-state index contributed by atoms with van der Waals surface area (Å²) >= 11 is 0. The number of anilines is 1. The molecule has 0 bridgehead atoms. The molecule has 0 aliphatic heterocycles. The van der Waals surface area contributed by atoms with Crippen LogP contribution in [0.5, 0.6) is 0 Å². The minimum Gasteiger partial charge on any atom is -0.397 e. The monoisotopic (exact) mass is 265 g/mol. The summed E-state index contributed by atoms with van der Waals surface area (Å²) in [5, 5.41) is 8.98. The summed E-state index contributed by atoms with van der Waals surface area (Å²) < 4.78 is 1.89. The maximum Gasteiger partial charge on any atom is 0.270 e. The molecule has 2 rings (SSSR count). The van der Waals surface area contributed by atoms with E-state index in [1.807, 2.05) is 16.4 Å². The largest absolute Gasteiger partial charge is 0.397 e. The van der Waals surface area contributed by atoms with Gasteiger partial charge in [-0.15, -0.1) is 0 Å². The Balaban J connectivity index is 2.17. The number of nitrogen functional groups attached to an aromatic ring is 1. The van der Waals surface area contributed by atoms with E-state index in [-0.39, 0.29) is 12.5 Å². The molecule has 106 valence electrons. The minimum atomic E-state index is 0.0386. The second-order valence-electron chi connectivity index (χ2n) is 5.11. The van der Waals surface area contributed by atoms with Crippen molar-refractivity contribution >= 4 is 11.6 Å². The van der Waals surface area contributed by atoms with Crippen LogP contribution in [-0.4, -0.2) is 39.7 Å². The maximum absolute atomic E-state index is 12.6. The summed E-state index contributed by atoms with van der Waals surface area (Å²) in [5.41, 5.74) is 7.07. The predicted octanol–water partition coefficient (Wildman–Crippen LogP) is 1.47. The lowest BCUT2D eigenvalue weighted by Gasteiger charge is -2.37. The van der Waals surface area contributed by atoms with Crippen molar-refractivity contribution in [3.63, 3.8) is 0 Å². The molecule has 1 aliphatic rings. The first kappa shape index (κ1) is 13.9. The van der Waals surface area contributed by atoms with Crippen molar-refractivity contribution < 1.29 is 9.90 Å². The summed E-state index contributed by atoms with van der Waals surface area (Å²) in [6.07, 6.45) is 5.76. The fraction of sp³-hybridized carbons (Fsp3) is 0.643. The van der Waals surface area contributed by atoms with Crippen LogP contribution in [0, 0.1) is 0 Å². The first-order valence-electron chi connectivity index (χ1n) is 7.04. The molecule has 1 aliphatic carbocycles. The zero-order valence-electron chi connectivity index (χ0n) is 11.5. The van der Waals surface area contributed by atoms with Crippen LogP contribution in [0.2, 0.25) is 0 Å². The number of aliphatic hydroxyl groups is 1. The highest BCUT2D eigenvalue weighted by Crippen LogP contribution is 2.27. The van der Waals surface area contributed by atoms with Gasteiger partial charge in [0.25, 0.3) is 5.91 Å². The van der Waals surface area contributed by atoms with Crippen molar-refractivity contribution in [1.29, 1.82) is 0 Å². The maximum atomic E-state index is 12.6. The fourth-order valence-corrected chi connectivity index (χ4v) is 2.51.